The van der Waals surface area contributed by atoms with Crippen LogP contribution in [-0.4, -0.2) is 42.5 Å². The van der Waals surface area contributed by atoms with E-state index in [0.29, 0.717) is 18.5 Å². The zero-order chi connectivity index (χ0) is 17.7. The Labute approximate surface area is 138 Å². The molecule has 130 valence electrons. The van der Waals surface area contributed by atoms with E-state index in [2.05, 4.69) is 6.58 Å². The molecular weight excluding hydrogens is 321 g/mol. The second-order valence-corrected chi connectivity index (χ2v) is 5.67. The molecule has 0 aliphatic carbocycles. The van der Waals surface area contributed by atoms with E-state index in [9.17, 15) is 22.8 Å². The van der Waals surface area contributed by atoms with Gasteiger partial charge in [-0.15, -0.1) is 6.58 Å². The van der Waals surface area contributed by atoms with Gasteiger partial charge in [-0.1, -0.05) is 18.2 Å². The molecule has 0 aromatic heterocycles. The highest BCUT2D eigenvalue weighted by atomic mass is 19.4. The molecule has 24 heavy (non-hydrogen) atoms. The number of benzene rings is 1. The van der Waals surface area contributed by atoms with Gasteiger partial charge in [-0.2, -0.15) is 13.2 Å². The Kier molecular flexibility index (Phi) is 5.64. The zero-order valence-corrected chi connectivity index (χ0v) is 13.2. The normalized spacial score (nSPS) is 14.8. The fourth-order valence-electron chi connectivity index (χ4n) is 2.63. The molecule has 7 heteroatoms. The van der Waals surface area contributed by atoms with Crippen LogP contribution in [0.2, 0.25) is 0 Å². The highest BCUT2D eigenvalue weighted by molar-refractivity contribution is 5.95. The van der Waals surface area contributed by atoms with Crippen molar-refractivity contribution >= 4 is 17.5 Å². The smallest absolute Gasteiger partial charge is 0.330 e. The predicted octanol–water partition coefficient (Wildman–Crippen LogP) is 2.93. The molecule has 0 atom stereocenters. The van der Waals surface area contributed by atoms with Crippen LogP contribution in [0.4, 0.5) is 18.9 Å². The summed E-state index contributed by atoms with van der Waals surface area (Å²) in [4.78, 5) is 26.2. The van der Waals surface area contributed by atoms with Crippen LogP contribution in [-0.2, 0) is 16.0 Å². The van der Waals surface area contributed by atoms with Crippen LogP contribution in [0, 0.1) is 0 Å². The number of alkyl halides is 3. The number of nitrogens with zero attached hydrogens (tertiary/aromatic N) is 2. The van der Waals surface area contributed by atoms with Gasteiger partial charge in [0.2, 0.25) is 11.8 Å². The Morgan fingerprint density at radius 1 is 1.29 bits per heavy atom. The molecule has 2 amide bonds. The third-order valence-corrected chi connectivity index (χ3v) is 3.75. The monoisotopic (exact) mass is 340 g/mol. The van der Waals surface area contributed by atoms with Crippen LogP contribution in [0.1, 0.15) is 18.4 Å². The van der Waals surface area contributed by atoms with Gasteiger partial charge in [0, 0.05) is 25.2 Å². The first kappa shape index (κ1) is 18.0. The minimum atomic E-state index is -4.45. The van der Waals surface area contributed by atoms with Gasteiger partial charge in [0.05, 0.1) is 6.42 Å². The first-order valence-corrected chi connectivity index (χ1v) is 7.65. The number of rotatable bonds is 6. The van der Waals surface area contributed by atoms with Crippen molar-refractivity contribution < 1.29 is 22.8 Å². The Morgan fingerprint density at radius 2 is 1.96 bits per heavy atom. The third kappa shape index (κ3) is 4.84. The Balaban J connectivity index is 2.02. The molecule has 1 fully saturated rings. The summed E-state index contributed by atoms with van der Waals surface area (Å²) in [5.41, 5.74) is 1.35. The standard InChI is InChI=1S/C17H19F3N2O2/c1-2-9-21(12-17(18,19)20)16(24)11-13-5-7-14(8-6-13)22-10-3-4-15(22)23/h2,5-8H,1,3-4,9-12H2. The number of anilines is 1. The fourth-order valence-corrected chi connectivity index (χ4v) is 2.63. The van der Waals surface area contributed by atoms with E-state index < -0.39 is 18.6 Å². The zero-order valence-electron chi connectivity index (χ0n) is 13.2. The van der Waals surface area contributed by atoms with Crippen LogP contribution in [0.3, 0.4) is 0 Å². The minimum Gasteiger partial charge on any atom is -0.330 e. The fraction of sp³-hybridized carbons (Fsp3) is 0.412. The van der Waals surface area contributed by atoms with Crippen LogP contribution in [0.25, 0.3) is 0 Å². The quantitative estimate of drug-likeness (QED) is 0.747. The van der Waals surface area contributed by atoms with Gasteiger partial charge in [0.1, 0.15) is 6.54 Å². The summed E-state index contributed by atoms with van der Waals surface area (Å²) < 4.78 is 37.6. The molecule has 1 saturated heterocycles. The van der Waals surface area contributed by atoms with Crippen LogP contribution >= 0.6 is 0 Å². The summed E-state index contributed by atoms with van der Waals surface area (Å²) in [6.07, 6.45) is -1.97. The molecule has 1 aliphatic heterocycles. The third-order valence-electron chi connectivity index (χ3n) is 3.75. The van der Waals surface area contributed by atoms with E-state index in [0.717, 1.165) is 17.0 Å². The second kappa shape index (κ2) is 7.51. The Bertz CT molecular complexity index is 611. The highest BCUT2D eigenvalue weighted by Gasteiger charge is 2.32. The molecule has 1 heterocycles. The molecule has 0 spiro atoms. The van der Waals surface area contributed by atoms with E-state index in [1.54, 1.807) is 29.2 Å². The van der Waals surface area contributed by atoms with Gasteiger partial charge in [-0.05, 0) is 24.1 Å². The molecule has 0 bridgehead atoms. The van der Waals surface area contributed by atoms with Gasteiger partial charge in [0.25, 0.3) is 0 Å². The summed E-state index contributed by atoms with van der Waals surface area (Å²) in [5, 5.41) is 0. The lowest BCUT2D eigenvalue weighted by Gasteiger charge is -2.22. The molecule has 0 saturated carbocycles. The lowest BCUT2D eigenvalue weighted by molar-refractivity contribution is -0.159. The van der Waals surface area contributed by atoms with Crippen molar-refractivity contribution in [3.63, 3.8) is 0 Å². The molecule has 0 unspecified atom stereocenters. The minimum absolute atomic E-state index is 0.0566. The van der Waals surface area contributed by atoms with Gasteiger partial charge in [-0.25, -0.2) is 0 Å². The molecule has 2 rings (SSSR count). The summed E-state index contributed by atoms with van der Waals surface area (Å²) in [7, 11) is 0. The summed E-state index contributed by atoms with van der Waals surface area (Å²) in [5.74, 6) is -0.557. The van der Waals surface area contributed by atoms with Crippen molar-refractivity contribution in [2.45, 2.75) is 25.4 Å². The molecular formula is C17H19F3N2O2. The summed E-state index contributed by atoms with van der Waals surface area (Å²) in [6, 6.07) is 6.76. The van der Waals surface area contributed by atoms with Gasteiger partial charge >= 0.3 is 6.18 Å². The SMILES string of the molecule is C=CCN(CC(F)(F)F)C(=O)Cc1ccc(N2CCCC2=O)cc1. The Hall–Kier alpha value is -2.31. The first-order chi connectivity index (χ1) is 11.3. The maximum atomic E-state index is 12.5. The Morgan fingerprint density at radius 3 is 2.46 bits per heavy atom. The molecule has 4 nitrogen and oxygen atoms in total. The van der Waals surface area contributed by atoms with Crippen molar-refractivity contribution in [2.75, 3.05) is 24.5 Å². The maximum Gasteiger partial charge on any atom is 0.406 e. The van der Waals surface area contributed by atoms with Gasteiger partial charge in [-0.3, -0.25) is 9.59 Å². The van der Waals surface area contributed by atoms with Crippen molar-refractivity contribution in [3.05, 3.63) is 42.5 Å². The number of carbonyl (C=O) groups excluding carboxylic acids is 2. The summed E-state index contributed by atoms with van der Waals surface area (Å²) in [6.45, 7) is 2.60. The van der Waals surface area contributed by atoms with Crippen molar-refractivity contribution in [1.82, 2.24) is 4.90 Å². The predicted molar refractivity (Wildman–Crippen MR) is 84.6 cm³/mol. The largest absolute Gasteiger partial charge is 0.406 e. The van der Waals surface area contributed by atoms with E-state index in [-0.39, 0.29) is 18.9 Å². The molecule has 0 N–H and O–H groups in total. The van der Waals surface area contributed by atoms with Crippen molar-refractivity contribution in [3.8, 4) is 0 Å². The highest BCUT2D eigenvalue weighted by Crippen LogP contribution is 2.22. The second-order valence-electron chi connectivity index (χ2n) is 5.67. The first-order valence-electron chi connectivity index (χ1n) is 7.65. The van der Waals surface area contributed by atoms with Crippen LogP contribution < -0.4 is 4.90 Å². The number of amides is 2. The average molecular weight is 340 g/mol. The number of hydrogen-bond donors (Lipinski definition) is 0. The van der Waals surface area contributed by atoms with Gasteiger partial charge < -0.3 is 9.80 Å². The maximum absolute atomic E-state index is 12.5. The van der Waals surface area contributed by atoms with Gasteiger partial charge in [0.15, 0.2) is 0 Å². The molecule has 1 aromatic carbocycles. The van der Waals surface area contributed by atoms with E-state index >= 15 is 0 Å². The molecule has 1 aliphatic rings. The van der Waals surface area contributed by atoms with E-state index in [1.165, 1.54) is 6.08 Å². The van der Waals surface area contributed by atoms with Crippen LogP contribution in [0.5, 0.6) is 0 Å². The van der Waals surface area contributed by atoms with E-state index in [4.69, 9.17) is 0 Å². The number of halogens is 3. The van der Waals surface area contributed by atoms with Crippen molar-refractivity contribution in [2.24, 2.45) is 0 Å². The lowest BCUT2D eigenvalue weighted by Crippen LogP contribution is -2.39. The van der Waals surface area contributed by atoms with Crippen molar-refractivity contribution in [1.29, 1.82) is 0 Å². The molecule has 0 radical (unpaired) electrons. The summed E-state index contributed by atoms with van der Waals surface area (Å²) >= 11 is 0. The lowest BCUT2D eigenvalue weighted by atomic mass is 10.1. The van der Waals surface area contributed by atoms with Crippen LogP contribution in [0.15, 0.2) is 36.9 Å². The van der Waals surface area contributed by atoms with E-state index in [1.807, 2.05) is 0 Å². The number of carbonyl (C=O) groups is 2. The molecule has 1 aromatic rings. The topological polar surface area (TPSA) is 40.6 Å². The average Bonchev–Trinajstić information content (AvgIpc) is 2.92. The number of hydrogen-bond acceptors (Lipinski definition) is 2.